The Morgan fingerprint density at radius 1 is 1.23 bits per heavy atom. The van der Waals surface area contributed by atoms with Crippen LogP contribution in [0.15, 0.2) is 46.6 Å². The van der Waals surface area contributed by atoms with E-state index in [4.69, 9.17) is 38.4 Å². The van der Waals surface area contributed by atoms with Gasteiger partial charge in [0.05, 0.1) is 34.8 Å². The third-order valence-electron chi connectivity index (χ3n) is 3.90. The van der Waals surface area contributed by atoms with Crippen LogP contribution in [-0.4, -0.2) is 30.9 Å². The van der Waals surface area contributed by atoms with E-state index >= 15 is 0 Å². The van der Waals surface area contributed by atoms with Gasteiger partial charge in [-0.3, -0.25) is 4.79 Å². The first-order valence-electron chi connectivity index (χ1n) is 8.81. The number of nitriles is 1. The van der Waals surface area contributed by atoms with E-state index < -0.39 is 5.23 Å². The molecule has 0 amide bonds. The van der Waals surface area contributed by atoms with Gasteiger partial charge in [0.25, 0.3) is 0 Å². The minimum atomic E-state index is -1.15. The first-order valence-corrected chi connectivity index (χ1v) is 9.57. The lowest BCUT2D eigenvalue weighted by Crippen LogP contribution is -2.99. The van der Waals surface area contributed by atoms with Gasteiger partial charge in [-0.25, -0.2) is 5.21 Å². The number of nitrogens with one attached hydrogen (secondary N) is 1. The molecule has 0 aromatic heterocycles. The fourth-order valence-corrected chi connectivity index (χ4v) is 3.04. The molecule has 0 spiro atoms. The maximum Gasteiger partial charge on any atom is 0.302 e. The van der Waals surface area contributed by atoms with Gasteiger partial charge in [0, 0.05) is 31.3 Å². The van der Waals surface area contributed by atoms with Crippen LogP contribution in [0.2, 0.25) is 10.0 Å². The lowest BCUT2D eigenvalue weighted by Gasteiger charge is -2.23. The number of benzene rings is 2. The second-order valence-corrected chi connectivity index (χ2v) is 6.86. The maximum atomic E-state index is 11.0. The lowest BCUT2D eigenvalue weighted by atomic mass is 10.2. The van der Waals surface area contributed by atoms with Crippen LogP contribution in [0.25, 0.3) is 0 Å². The van der Waals surface area contributed by atoms with Crippen molar-refractivity contribution in [2.75, 3.05) is 24.6 Å². The molecule has 158 valence electrons. The quantitative estimate of drug-likeness (QED) is 0.335. The van der Waals surface area contributed by atoms with Gasteiger partial charge < -0.3 is 14.8 Å². The van der Waals surface area contributed by atoms with E-state index in [0.29, 0.717) is 25.2 Å². The van der Waals surface area contributed by atoms with Crippen LogP contribution in [0.4, 0.5) is 22.7 Å². The number of anilines is 1. The Bertz CT molecular complexity index is 922. The molecule has 0 bridgehead atoms. The highest BCUT2D eigenvalue weighted by Gasteiger charge is 2.12. The Morgan fingerprint density at radius 3 is 2.40 bits per heavy atom. The Labute approximate surface area is 183 Å². The number of rotatable bonds is 9. The molecule has 11 heteroatoms. The van der Waals surface area contributed by atoms with Crippen molar-refractivity contribution in [1.29, 1.82) is 5.26 Å². The van der Waals surface area contributed by atoms with Crippen molar-refractivity contribution in [3.05, 3.63) is 51.7 Å². The SMILES string of the molecule is CC(=O)OCCN(CCC#N)c1ccc(N=Nc2c(Cl)cc([NH+]([O-])O)cc2Cl)cc1. The zero-order chi connectivity index (χ0) is 22.1. The molecular weight excluding hydrogens is 433 g/mol. The molecule has 0 radical (unpaired) electrons. The number of nitrogens with zero attached hydrogens (tertiary/aromatic N) is 4. The molecule has 0 saturated carbocycles. The summed E-state index contributed by atoms with van der Waals surface area (Å²) in [7, 11) is 0. The van der Waals surface area contributed by atoms with Gasteiger partial charge in [-0.1, -0.05) is 23.2 Å². The predicted octanol–water partition coefficient (Wildman–Crippen LogP) is 4.10. The first-order chi connectivity index (χ1) is 14.3. The second-order valence-electron chi connectivity index (χ2n) is 6.05. The fourth-order valence-electron chi connectivity index (χ4n) is 2.48. The molecule has 0 saturated heterocycles. The topological polar surface area (TPSA) is 126 Å². The van der Waals surface area contributed by atoms with E-state index in [2.05, 4.69) is 16.3 Å². The summed E-state index contributed by atoms with van der Waals surface area (Å²) in [6, 6.07) is 11.6. The second kappa shape index (κ2) is 11.4. The van der Waals surface area contributed by atoms with Crippen molar-refractivity contribution in [2.24, 2.45) is 10.2 Å². The van der Waals surface area contributed by atoms with Gasteiger partial charge in [-0.15, -0.1) is 5.11 Å². The monoisotopic (exact) mass is 451 g/mol. The molecule has 0 aliphatic rings. The van der Waals surface area contributed by atoms with E-state index in [0.717, 1.165) is 5.69 Å². The van der Waals surface area contributed by atoms with Crippen LogP contribution >= 0.6 is 23.2 Å². The normalized spacial score (nSPS) is 11.9. The molecule has 0 aliphatic carbocycles. The average molecular weight is 452 g/mol. The number of quaternary nitrogens is 1. The van der Waals surface area contributed by atoms with Crippen molar-refractivity contribution < 1.29 is 20.0 Å². The number of carbonyl (C=O) groups is 1. The maximum absolute atomic E-state index is 11.0. The summed E-state index contributed by atoms with van der Waals surface area (Å²) in [6.45, 7) is 2.49. The summed E-state index contributed by atoms with van der Waals surface area (Å²) in [4.78, 5) is 12.9. The summed E-state index contributed by atoms with van der Waals surface area (Å²) in [6.07, 6.45) is 0.324. The van der Waals surface area contributed by atoms with E-state index in [1.165, 1.54) is 19.1 Å². The number of carbonyl (C=O) groups excluding carboxylic acids is 1. The van der Waals surface area contributed by atoms with Crippen molar-refractivity contribution in [1.82, 2.24) is 0 Å². The minimum Gasteiger partial charge on any atom is -0.595 e. The van der Waals surface area contributed by atoms with Gasteiger partial charge in [0.2, 0.25) is 0 Å². The molecule has 0 fully saturated rings. The first kappa shape index (κ1) is 23.5. The zero-order valence-corrected chi connectivity index (χ0v) is 17.5. The molecule has 1 unspecified atom stereocenters. The summed E-state index contributed by atoms with van der Waals surface area (Å²) in [5, 5.41) is 36.0. The molecule has 0 heterocycles. The average Bonchev–Trinajstić information content (AvgIpc) is 2.70. The lowest BCUT2D eigenvalue weighted by molar-refractivity contribution is -0.991. The van der Waals surface area contributed by atoms with Crippen LogP contribution in [0.5, 0.6) is 0 Å². The van der Waals surface area contributed by atoms with E-state index in [1.807, 2.05) is 4.90 Å². The zero-order valence-electron chi connectivity index (χ0n) is 16.0. The van der Waals surface area contributed by atoms with Crippen LogP contribution in [0.1, 0.15) is 13.3 Å². The van der Waals surface area contributed by atoms with Crippen molar-refractivity contribution in [2.45, 2.75) is 13.3 Å². The molecule has 2 N–H and O–H groups in total. The number of azo groups is 1. The number of ether oxygens (including phenoxy) is 1. The minimum absolute atomic E-state index is 0.0421. The largest absolute Gasteiger partial charge is 0.595 e. The van der Waals surface area contributed by atoms with E-state index in [9.17, 15) is 10.0 Å². The number of esters is 1. The van der Waals surface area contributed by atoms with Gasteiger partial charge in [-0.05, 0) is 24.3 Å². The van der Waals surface area contributed by atoms with Crippen molar-refractivity contribution in [3.8, 4) is 6.07 Å². The van der Waals surface area contributed by atoms with Gasteiger partial charge in [-0.2, -0.15) is 15.6 Å². The number of hydrogen-bond donors (Lipinski definition) is 2. The fraction of sp³-hybridized carbons (Fsp3) is 0.263. The summed E-state index contributed by atoms with van der Waals surface area (Å²) >= 11 is 12.1. The Hall–Kier alpha value is -2.74. The Balaban J connectivity index is 2.14. The van der Waals surface area contributed by atoms with Crippen LogP contribution in [-0.2, 0) is 9.53 Å². The summed E-state index contributed by atoms with van der Waals surface area (Å²) < 4.78 is 4.97. The van der Waals surface area contributed by atoms with Crippen LogP contribution in [0.3, 0.4) is 0 Å². The molecule has 0 aliphatic heterocycles. The summed E-state index contributed by atoms with van der Waals surface area (Å²) in [5.74, 6) is -0.361. The molecule has 2 rings (SSSR count). The Kier molecular flexibility index (Phi) is 8.98. The molecular formula is C19H19Cl2N5O4. The third kappa shape index (κ3) is 6.95. The predicted molar refractivity (Wildman–Crippen MR) is 112 cm³/mol. The van der Waals surface area contributed by atoms with Gasteiger partial charge >= 0.3 is 5.97 Å². The molecule has 2 aromatic rings. The van der Waals surface area contributed by atoms with E-state index in [-0.39, 0.29) is 34.0 Å². The molecule has 2 aromatic carbocycles. The Morgan fingerprint density at radius 2 is 1.87 bits per heavy atom. The van der Waals surface area contributed by atoms with E-state index in [1.54, 1.807) is 24.3 Å². The molecule has 1 atom stereocenters. The molecule has 9 nitrogen and oxygen atoms in total. The number of hydrogen-bond acceptors (Lipinski definition) is 8. The van der Waals surface area contributed by atoms with Crippen molar-refractivity contribution >= 4 is 51.9 Å². The third-order valence-corrected chi connectivity index (χ3v) is 4.48. The van der Waals surface area contributed by atoms with Gasteiger partial charge in [0.15, 0.2) is 5.69 Å². The standard InChI is InChI=1S/C19H19Cl2N5O4/c1-13(27)30-10-9-25(8-2-7-22)15-5-3-14(4-6-15)23-24-19-17(20)11-16(26(28)29)12-18(19)21/h3-6,11-12,26,28H,2,8-10H2,1H3. The summed E-state index contributed by atoms with van der Waals surface area (Å²) in [5.41, 5.74) is 1.48. The molecule has 30 heavy (non-hydrogen) atoms. The highest BCUT2D eigenvalue weighted by atomic mass is 35.5. The smallest absolute Gasteiger partial charge is 0.302 e. The van der Waals surface area contributed by atoms with Crippen LogP contribution < -0.4 is 10.1 Å². The highest BCUT2D eigenvalue weighted by molar-refractivity contribution is 6.39. The van der Waals surface area contributed by atoms with Gasteiger partial charge in [0.1, 0.15) is 12.3 Å². The number of halogens is 2. The van der Waals surface area contributed by atoms with Crippen molar-refractivity contribution in [3.63, 3.8) is 0 Å². The van der Waals surface area contributed by atoms with Crippen LogP contribution in [0, 0.1) is 16.5 Å². The highest BCUT2D eigenvalue weighted by Crippen LogP contribution is 2.36.